The molecular formula is C25H26Cl3N5O2S. The van der Waals surface area contributed by atoms with Gasteiger partial charge in [0.15, 0.2) is 11.0 Å². The van der Waals surface area contributed by atoms with Crippen molar-refractivity contribution >= 4 is 64.1 Å². The zero-order valence-corrected chi connectivity index (χ0v) is 23.1. The van der Waals surface area contributed by atoms with Crippen molar-refractivity contribution in [2.75, 3.05) is 11.1 Å². The zero-order chi connectivity index (χ0) is 26.4. The van der Waals surface area contributed by atoms with E-state index in [9.17, 15) is 9.59 Å². The molecule has 0 saturated carbocycles. The molecule has 2 aromatic carbocycles. The van der Waals surface area contributed by atoms with Crippen LogP contribution in [0, 0.1) is 12.8 Å². The van der Waals surface area contributed by atoms with Crippen molar-refractivity contribution in [2.45, 2.75) is 38.5 Å². The molecule has 0 spiro atoms. The van der Waals surface area contributed by atoms with E-state index in [1.807, 2.05) is 43.5 Å². The minimum Gasteiger partial charge on any atom is -0.342 e. The molecule has 0 aliphatic heterocycles. The lowest BCUT2D eigenvalue weighted by Gasteiger charge is -2.22. The average Bonchev–Trinajstić information content (AvgIpc) is 3.20. The fourth-order valence-electron chi connectivity index (χ4n) is 3.45. The summed E-state index contributed by atoms with van der Waals surface area (Å²) in [6, 6.07) is 9.99. The normalized spacial score (nSPS) is 11.9. The summed E-state index contributed by atoms with van der Waals surface area (Å²) in [6.07, 6.45) is 1.71. The highest BCUT2D eigenvalue weighted by Gasteiger charge is 2.26. The van der Waals surface area contributed by atoms with Crippen molar-refractivity contribution in [3.63, 3.8) is 0 Å². The van der Waals surface area contributed by atoms with E-state index in [1.165, 1.54) is 23.9 Å². The molecule has 2 N–H and O–H groups in total. The summed E-state index contributed by atoms with van der Waals surface area (Å²) in [5.41, 5.74) is 1.86. The van der Waals surface area contributed by atoms with E-state index in [2.05, 4.69) is 27.4 Å². The third kappa shape index (κ3) is 7.03. The quantitative estimate of drug-likeness (QED) is 0.213. The van der Waals surface area contributed by atoms with Gasteiger partial charge in [-0.15, -0.1) is 16.8 Å². The SMILES string of the molecule is C=CCn1c(SCC(=O)Nc2c(Cl)cc(Cl)cc2Cl)nnc1[C@H](NC(=O)c1cccc(C)c1)C(C)C. The van der Waals surface area contributed by atoms with Crippen molar-refractivity contribution in [1.29, 1.82) is 0 Å². The van der Waals surface area contributed by atoms with Gasteiger partial charge in [0.05, 0.1) is 27.5 Å². The number of nitrogens with one attached hydrogen (secondary N) is 2. The predicted octanol–water partition coefficient (Wildman–Crippen LogP) is 6.59. The van der Waals surface area contributed by atoms with Gasteiger partial charge in [0, 0.05) is 17.1 Å². The number of thioether (sulfide) groups is 1. The smallest absolute Gasteiger partial charge is 0.251 e. The molecule has 0 bridgehead atoms. The number of hydrogen-bond acceptors (Lipinski definition) is 5. The number of halogens is 3. The van der Waals surface area contributed by atoms with Crippen molar-refractivity contribution < 1.29 is 9.59 Å². The fraction of sp³-hybridized carbons (Fsp3) is 0.280. The lowest BCUT2D eigenvalue weighted by Crippen LogP contribution is -2.34. The highest BCUT2D eigenvalue weighted by Crippen LogP contribution is 2.34. The Balaban J connectivity index is 1.77. The van der Waals surface area contributed by atoms with Crippen molar-refractivity contribution in [3.05, 3.63) is 81.1 Å². The van der Waals surface area contributed by atoms with Crippen LogP contribution in [0.25, 0.3) is 0 Å². The average molecular weight is 567 g/mol. The van der Waals surface area contributed by atoms with E-state index in [1.54, 1.807) is 12.1 Å². The summed E-state index contributed by atoms with van der Waals surface area (Å²) < 4.78 is 1.84. The lowest BCUT2D eigenvalue weighted by molar-refractivity contribution is -0.113. The number of carbonyl (C=O) groups excluding carboxylic acids is 2. The van der Waals surface area contributed by atoms with Crippen LogP contribution in [0.15, 0.2) is 54.2 Å². The number of rotatable bonds is 10. The first-order valence-corrected chi connectivity index (χ1v) is 13.2. The molecule has 0 aliphatic rings. The van der Waals surface area contributed by atoms with Gasteiger partial charge in [-0.3, -0.25) is 9.59 Å². The molecule has 3 rings (SSSR count). The highest BCUT2D eigenvalue weighted by molar-refractivity contribution is 7.99. The Bertz CT molecular complexity index is 1260. The van der Waals surface area contributed by atoms with Gasteiger partial charge in [-0.05, 0) is 37.1 Å². The number of aromatic nitrogens is 3. The number of benzene rings is 2. The fourth-order valence-corrected chi connectivity index (χ4v) is 5.11. The van der Waals surface area contributed by atoms with Crippen molar-refractivity contribution in [2.24, 2.45) is 5.92 Å². The second-order valence-electron chi connectivity index (χ2n) is 8.39. The number of amides is 2. The molecule has 190 valence electrons. The van der Waals surface area contributed by atoms with Gasteiger partial charge in [-0.1, -0.05) is 84.2 Å². The molecule has 0 saturated heterocycles. The Hall–Kier alpha value is -2.52. The lowest BCUT2D eigenvalue weighted by atomic mass is 10.0. The molecule has 3 aromatic rings. The Morgan fingerprint density at radius 3 is 2.44 bits per heavy atom. The predicted molar refractivity (Wildman–Crippen MR) is 147 cm³/mol. The first-order valence-electron chi connectivity index (χ1n) is 11.1. The summed E-state index contributed by atoms with van der Waals surface area (Å²) in [5.74, 6) is 0.122. The molecule has 11 heteroatoms. The zero-order valence-electron chi connectivity index (χ0n) is 20.0. The van der Waals surface area contributed by atoms with Gasteiger partial charge in [-0.2, -0.15) is 0 Å². The van der Waals surface area contributed by atoms with E-state index in [4.69, 9.17) is 34.8 Å². The maximum Gasteiger partial charge on any atom is 0.251 e. The molecule has 0 radical (unpaired) electrons. The van der Waals surface area contributed by atoms with Crippen LogP contribution in [0.3, 0.4) is 0 Å². The summed E-state index contributed by atoms with van der Waals surface area (Å²) in [6.45, 7) is 10.2. The van der Waals surface area contributed by atoms with E-state index in [0.717, 1.165) is 5.56 Å². The molecule has 1 atom stereocenters. The van der Waals surface area contributed by atoms with Gasteiger partial charge >= 0.3 is 0 Å². The Morgan fingerprint density at radius 2 is 1.83 bits per heavy atom. The van der Waals surface area contributed by atoms with Gasteiger partial charge in [0.2, 0.25) is 5.91 Å². The second-order valence-corrected chi connectivity index (χ2v) is 10.6. The van der Waals surface area contributed by atoms with Crippen LogP contribution in [0.2, 0.25) is 15.1 Å². The van der Waals surface area contributed by atoms with Crippen LogP contribution in [-0.2, 0) is 11.3 Å². The number of aryl methyl sites for hydroxylation is 1. The minimum absolute atomic E-state index is 0.0295. The number of allylic oxidation sites excluding steroid dienone is 1. The first-order chi connectivity index (χ1) is 17.1. The molecule has 0 fully saturated rings. The van der Waals surface area contributed by atoms with Gasteiger partial charge in [0.1, 0.15) is 0 Å². The Labute approximate surface area is 229 Å². The van der Waals surface area contributed by atoms with Gasteiger partial charge in [0.25, 0.3) is 5.91 Å². The number of hydrogen-bond donors (Lipinski definition) is 2. The molecule has 0 aliphatic carbocycles. The second kappa shape index (κ2) is 12.6. The molecule has 36 heavy (non-hydrogen) atoms. The molecule has 2 amide bonds. The monoisotopic (exact) mass is 565 g/mol. The van der Waals surface area contributed by atoms with Gasteiger partial charge in [-0.25, -0.2) is 0 Å². The summed E-state index contributed by atoms with van der Waals surface area (Å²) in [7, 11) is 0. The third-order valence-electron chi connectivity index (χ3n) is 5.17. The van der Waals surface area contributed by atoms with Crippen molar-refractivity contribution in [3.8, 4) is 0 Å². The largest absolute Gasteiger partial charge is 0.342 e. The number of carbonyl (C=O) groups is 2. The first kappa shape index (κ1) is 28.1. The summed E-state index contributed by atoms with van der Waals surface area (Å²) >= 11 is 19.5. The van der Waals surface area contributed by atoms with Gasteiger partial charge < -0.3 is 15.2 Å². The molecule has 7 nitrogen and oxygen atoms in total. The number of anilines is 1. The minimum atomic E-state index is -0.402. The van der Waals surface area contributed by atoms with Crippen LogP contribution < -0.4 is 10.6 Å². The van der Waals surface area contributed by atoms with Crippen LogP contribution in [0.5, 0.6) is 0 Å². The Morgan fingerprint density at radius 1 is 1.14 bits per heavy atom. The maximum absolute atomic E-state index is 12.9. The highest BCUT2D eigenvalue weighted by atomic mass is 35.5. The van der Waals surface area contributed by atoms with Crippen LogP contribution in [-0.4, -0.2) is 32.3 Å². The van der Waals surface area contributed by atoms with Crippen molar-refractivity contribution in [1.82, 2.24) is 20.1 Å². The van der Waals surface area contributed by atoms with E-state index < -0.39 is 6.04 Å². The van der Waals surface area contributed by atoms with Crippen LogP contribution >= 0.6 is 46.6 Å². The summed E-state index contributed by atoms with van der Waals surface area (Å²) in [4.78, 5) is 25.6. The van der Waals surface area contributed by atoms with E-state index >= 15 is 0 Å². The third-order valence-corrected chi connectivity index (χ3v) is 6.95. The topological polar surface area (TPSA) is 88.9 Å². The maximum atomic E-state index is 12.9. The van der Waals surface area contributed by atoms with E-state index in [-0.39, 0.29) is 33.5 Å². The standard InChI is InChI=1S/C25H26Cl3N5O2S/c1-5-9-33-23(21(14(2)3)30-24(35)16-8-6-7-15(4)10-16)31-32-25(33)36-13-20(34)29-22-18(27)11-17(26)12-19(22)28/h5-8,10-12,14,21H,1,9,13H2,2-4H3,(H,29,34)(H,30,35)/t21-/m1/s1. The van der Waals surface area contributed by atoms with Crippen LogP contribution in [0.1, 0.15) is 41.6 Å². The summed E-state index contributed by atoms with van der Waals surface area (Å²) in [5, 5.41) is 15.8. The van der Waals surface area contributed by atoms with Crippen LogP contribution in [0.4, 0.5) is 5.69 Å². The molecular weight excluding hydrogens is 541 g/mol. The molecule has 1 heterocycles. The molecule has 1 aromatic heterocycles. The molecule has 0 unspecified atom stereocenters. The van der Waals surface area contributed by atoms with E-state index in [0.29, 0.717) is 33.8 Å². The number of nitrogens with zero attached hydrogens (tertiary/aromatic N) is 3. The Kier molecular flexibility index (Phi) is 9.84.